The maximum absolute atomic E-state index is 11.5. The van der Waals surface area contributed by atoms with Crippen molar-refractivity contribution >= 4 is 5.91 Å². The first-order valence-electron chi connectivity index (χ1n) is 5.96. The summed E-state index contributed by atoms with van der Waals surface area (Å²) in [5.74, 6) is 3.80. The topological polar surface area (TPSA) is 50.8 Å². The van der Waals surface area contributed by atoms with Gasteiger partial charge in [0, 0.05) is 6.54 Å². The molecule has 0 radical (unpaired) electrons. The molecule has 1 aliphatic heterocycles. The second-order valence-electron chi connectivity index (χ2n) is 4.34. The zero-order valence-corrected chi connectivity index (χ0v) is 10.8. The van der Waals surface area contributed by atoms with Crippen LogP contribution in [0.25, 0.3) is 0 Å². The molecule has 0 saturated heterocycles. The number of terminal acetylenes is 1. The van der Waals surface area contributed by atoms with E-state index in [1.165, 1.54) is 0 Å². The van der Waals surface area contributed by atoms with Crippen LogP contribution in [0.3, 0.4) is 0 Å². The van der Waals surface area contributed by atoms with Gasteiger partial charge in [0.2, 0.25) is 12.7 Å². The molecule has 0 unspecified atom stereocenters. The first-order chi connectivity index (χ1) is 9.19. The third-order valence-electron chi connectivity index (χ3n) is 2.69. The summed E-state index contributed by atoms with van der Waals surface area (Å²) < 4.78 is 10.6. The van der Waals surface area contributed by atoms with E-state index >= 15 is 0 Å². The Hall–Kier alpha value is -2.19. The lowest BCUT2D eigenvalue weighted by Gasteiger charge is -2.16. The third-order valence-corrected chi connectivity index (χ3v) is 2.69. The van der Waals surface area contributed by atoms with Crippen molar-refractivity contribution < 1.29 is 14.3 Å². The molecule has 1 heterocycles. The molecule has 2 rings (SSSR count). The Balaban J connectivity index is 1.87. The maximum atomic E-state index is 11.5. The molecule has 0 atom stereocenters. The van der Waals surface area contributed by atoms with Crippen molar-refractivity contribution in [3.05, 3.63) is 23.8 Å². The summed E-state index contributed by atoms with van der Waals surface area (Å²) in [5, 5.41) is 2.63. The number of hydrogen-bond donors (Lipinski definition) is 1. The highest BCUT2D eigenvalue weighted by Crippen LogP contribution is 2.32. The minimum Gasteiger partial charge on any atom is -0.454 e. The Morgan fingerprint density at radius 3 is 3.05 bits per heavy atom. The number of benzene rings is 1. The number of likely N-dealkylation sites (N-methyl/N-ethyl adjacent to an activating group) is 1. The highest BCUT2D eigenvalue weighted by Gasteiger charge is 2.14. The number of fused-ring (bicyclic) bond motifs is 1. The van der Waals surface area contributed by atoms with E-state index in [1.54, 1.807) is 0 Å². The second kappa shape index (κ2) is 6.12. The molecule has 0 fully saturated rings. The largest absolute Gasteiger partial charge is 0.454 e. The number of amides is 1. The van der Waals surface area contributed by atoms with E-state index in [1.807, 2.05) is 30.1 Å². The number of carbonyl (C=O) groups is 1. The predicted molar refractivity (Wildman–Crippen MR) is 70.7 cm³/mol. The molecular formula is C14H16N2O3. The Kier molecular flexibility index (Phi) is 4.26. The van der Waals surface area contributed by atoms with Crippen molar-refractivity contribution in [3.63, 3.8) is 0 Å². The Morgan fingerprint density at radius 2 is 2.26 bits per heavy atom. The molecule has 0 aliphatic carbocycles. The van der Waals surface area contributed by atoms with E-state index in [2.05, 4.69) is 11.2 Å². The van der Waals surface area contributed by atoms with Crippen molar-refractivity contribution in [2.24, 2.45) is 0 Å². The zero-order valence-electron chi connectivity index (χ0n) is 10.8. The molecule has 5 nitrogen and oxygen atoms in total. The Bertz CT molecular complexity index is 508. The molecular weight excluding hydrogens is 244 g/mol. The van der Waals surface area contributed by atoms with Crippen molar-refractivity contribution in [2.45, 2.75) is 6.54 Å². The molecule has 0 spiro atoms. The maximum Gasteiger partial charge on any atom is 0.234 e. The number of carbonyl (C=O) groups excluding carboxylic acids is 1. The zero-order chi connectivity index (χ0) is 13.7. The van der Waals surface area contributed by atoms with Crippen molar-refractivity contribution in [2.75, 3.05) is 26.9 Å². The lowest BCUT2D eigenvalue weighted by molar-refractivity contribution is -0.121. The quantitative estimate of drug-likeness (QED) is 0.788. The van der Waals surface area contributed by atoms with Crippen LogP contribution < -0.4 is 14.8 Å². The van der Waals surface area contributed by atoms with Crippen LogP contribution in [-0.2, 0) is 11.3 Å². The summed E-state index contributed by atoms with van der Waals surface area (Å²) in [4.78, 5) is 13.4. The minimum atomic E-state index is -0.0822. The van der Waals surface area contributed by atoms with E-state index in [4.69, 9.17) is 15.9 Å². The van der Waals surface area contributed by atoms with Crippen LogP contribution in [-0.4, -0.2) is 37.7 Å². The molecule has 0 bridgehead atoms. The van der Waals surface area contributed by atoms with Crippen molar-refractivity contribution in [1.29, 1.82) is 0 Å². The van der Waals surface area contributed by atoms with Gasteiger partial charge in [-0.15, -0.1) is 6.42 Å². The summed E-state index contributed by atoms with van der Waals surface area (Å²) in [6, 6.07) is 5.77. The fraction of sp³-hybridized carbons (Fsp3) is 0.357. The van der Waals surface area contributed by atoms with Crippen molar-refractivity contribution in [1.82, 2.24) is 10.2 Å². The normalized spacial score (nSPS) is 12.3. The molecule has 100 valence electrons. The average Bonchev–Trinajstić information content (AvgIpc) is 2.83. The second-order valence-corrected chi connectivity index (χ2v) is 4.34. The first-order valence-corrected chi connectivity index (χ1v) is 5.96. The summed E-state index contributed by atoms with van der Waals surface area (Å²) in [6.45, 7) is 1.48. The molecule has 0 aromatic heterocycles. The van der Waals surface area contributed by atoms with Crippen LogP contribution in [0, 0.1) is 12.3 Å². The van der Waals surface area contributed by atoms with Crippen LogP contribution in [0.4, 0.5) is 0 Å². The van der Waals surface area contributed by atoms with Crippen LogP contribution in [0.2, 0.25) is 0 Å². The SMILES string of the molecule is C#CCNC(=O)CN(C)Cc1ccc2c(c1)OCO2. The van der Waals surface area contributed by atoms with Gasteiger partial charge < -0.3 is 14.8 Å². The van der Waals surface area contributed by atoms with Gasteiger partial charge in [0.25, 0.3) is 0 Å². The van der Waals surface area contributed by atoms with Gasteiger partial charge in [-0.3, -0.25) is 9.69 Å². The third kappa shape index (κ3) is 3.63. The lowest BCUT2D eigenvalue weighted by atomic mass is 10.2. The highest BCUT2D eigenvalue weighted by atomic mass is 16.7. The van der Waals surface area contributed by atoms with Gasteiger partial charge in [-0.05, 0) is 24.7 Å². The number of hydrogen-bond acceptors (Lipinski definition) is 4. The van der Waals surface area contributed by atoms with Gasteiger partial charge >= 0.3 is 0 Å². The van der Waals surface area contributed by atoms with Crippen LogP contribution in [0.1, 0.15) is 5.56 Å². The van der Waals surface area contributed by atoms with Gasteiger partial charge in [0.15, 0.2) is 11.5 Å². The molecule has 19 heavy (non-hydrogen) atoms. The van der Waals surface area contributed by atoms with E-state index < -0.39 is 0 Å². The fourth-order valence-corrected chi connectivity index (χ4v) is 1.86. The van der Waals surface area contributed by atoms with E-state index in [-0.39, 0.29) is 19.2 Å². The summed E-state index contributed by atoms with van der Waals surface area (Å²) >= 11 is 0. The Labute approximate surface area is 112 Å². The van der Waals surface area contributed by atoms with Gasteiger partial charge in [-0.25, -0.2) is 0 Å². The standard InChI is InChI=1S/C14H16N2O3/c1-3-6-15-14(17)9-16(2)8-11-4-5-12-13(7-11)19-10-18-12/h1,4-5,7H,6,8-10H2,2H3,(H,15,17). The number of rotatable bonds is 5. The summed E-state index contributed by atoms with van der Waals surface area (Å²) in [7, 11) is 1.88. The van der Waals surface area contributed by atoms with Gasteiger partial charge in [0.1, 0.15) is 0 Å². The minimum absolute atomic E-state index is 0.0822. The van der Waals surface area contributed by atoms with Crippen LogP contribution in [0.15, 0.2) is 18.2 Å². The average molecular weight is 260 g/mol. The predicted octanol–water partition coefficient (Wildman–Crippen LogP) is 0.596. The number of nitrogens with zero attached hydrogens (tertiary/aromatic N) is 1. The van der Waals surface area contributed by atoms with Gasteiger partial charge in [0.05, 0.1) is 13.1 Å². The molecule has 0 saturated carbocycles. The molecule has 1 N–H and O–H groups in total. The molecule has 1 aromatic carbocycles. The monoisotopic (exact) mass is 260 g/mol. The number of nitrogens with one attached hydrogen (secondary N) is 1. The fourth-order valence-electron chi connectivity index (χ4n) is 1.86. The summed E-state index contributed by atoms with van der Waals surface area (Å²) in [6.07, 6.45) is 5.08. The summed E-state index contributed by atoms with van der Waals surface area (Å²) in [5.41, 5.74) is 1.07. The van der Waals surface area contributed by atoms with E-state index in [0.29, 0.717) is 13.1 Å². The van der Waals surface area contributed by atoms with Gasteiger partial charge in [-0.1, -0.05) is 12.0 Å². The van der Waals surface area contributed by atoms with Crippen LogP contribution >= 0.6 is 0 Å². The van der Waals surface area contributed by atoms with E-state index in [0.717, 1.165) is 17.1 Å². The first kappa shape index (κ1) is 13.2. The number of ether oxygens (including phenoxy) is 2. The van der Waals surface area contributed by atoms with E-state index in [9.17, 15) is 4.79 Å². The molecule has 1 aliphatic rings. The molecule has 1 aromatic rings. The molecule has 5 heteroatoms. The van der Waals surface area contributed by atoms with Crippen LogP contribution in [0.5, 0.6) is 11.5 Å². The molecule has 1 amide bonds. The van der Waals surface area contributed by atoms with Crippen molar-refractivity contribution in [3.8, 4) is 23.8 Å². The lowest BCUT2D eigenvalue weighted by Crippen LogP contribution is -2.34. The van der Waals surface area contributed by atoms with Gasteiger partial charge in [-0.2, -0.15) is 0 Å². The Morgan fingerprint density at radius 1 is 1.47 bits per heavy atom. The highest BCUT2D eigenvalue weighted by molar-refractivity contribution is 5.78. The smallest absolute Gasteiger partial charge is 0.234 e.